The van der Waals surface area contributed by atoms with Crippen molar-refractivity contribution in [2.24, 2.45) is 0 Å². The van der Waals surface area contributed by atoms with E-state index in [1.165, 1.54) is 12.0 Å². The first kappa shape index (κ1) is 22.9. The van der Waals surface area contributed by atoms with Gasteiger partial charge in [-0.15, -0.1) is 0 Å². The van der Waals surface area contributed by atoms with Crippen molar-refractivity contribution in [1.82, 2.24) is 15.5 Å². The molecule has 1 aromatic rings. The number of methoxy groups -OCH3 is 1. The number of carbonyl (C=O) groups excluding carboxylic acids is 4. The molecule has 1 aromatic carbocycles. The number of amides is 4. The summed E-state index contributed by atoms with van der Waals surface area (Å²) in [5.41, 5.74) is 0.563. The van der Waals surface area contributed by atoms with Crippen molar-refractivity contribution in [2.45, 2.75) is 76.8 Å². The number of ether oxygens (including phenoxy) is 3. The molecule has 1 saturated heterocycles. The zero-order valence-corrected chi connectivity index (χ0v) is 19.2. The Morgan fingerprint density at radius 1 is 1.18 bits per heavy atom. The van der Waals surface area contributed by atoms with Crippen molar-refractivity contribution in [3.8, 4) is 11.5 Å². The normalized spacial score (nSPS) is 24.5. The molecule has 0 radical (unpaired) electrons. The van der Waals surface area contributed by atoms with Gasteiger partial charge >= 0.3 is 6.09 Å². The molecular weight excluding hydrogens is 430 g/mol. The second-order valence-electron chi connectivity index (χ2n) is 9.61. The smallest absolute Gasteiger partial charge is 0.407 e. The number of benzene rings is 1. The van der Waals surface area contributed by atoms with Gasteiger partial charge in [-0.1, -0.05) is 0 Å². The summed E-state index contributed by atoms with van der Waals surface area (Å²) < 4.78 is 16.8. The zero-order chi connectivity index (χ0) is 23.9. The van der Waals surface area contributed by atoms with Crippen LogP contribution in [0.1, 0.15) is 62.4 Å². The van der Waals surface area contributed by atoms with E-state index in [1.54, 1.807) is 12.1 Å². The van der Waals surface area contributed by atoms with Crippen LogP contribution in [0.4, 0.5) is 4.79 Å². The number of alkyl carbamates (subject to hydrolysis) is 1. The molecule has 1 atom stereocenters. The van der Waals surface area contributed by atoms with Crippen LogP contribution in [-0.2, 0) is 20.9 Å². The van der Waals surface area contributed by atoms with E-state index < -0.39 is 23.6 Å². The van der Waals surface area contributed by atoms with Crippen molar-refractivity contribution in [3.05, 3.63) is 23.3 Å². The number of nitrogens with one attached hydrogen (secondary N) is 2. The van der Waals surface area contributed by atoms with E-state index in [4.69, 9.17) is 14.2 Å². The maximum atomic E-state index is 13.1. The van der Waals surface area contributed by atoms with Crippen LogP contribution in [0.25, 0.3) is 0 Å². The lowest BCUT2D eigenvalue weighted by atomic mass is 9.89. The molecule has 10 nitrogen and oxygen atoms in total. The molecule has 0 bridgehead atoms. The second-order valence-corrected chi connectivity index (χ2v) is 9.61. The molecule has 0 spiro atoms. The summed E-state index contributed by atoms with van der Waals surface area (Å²) in [7, 11) is 1.52. The van der Waals surface area contributed by atoms with E-state index in [2.05, 4.69) is 10.6 Å². The van der Waals surface area contributed by atoms with Crippen LogP contribution in [0.5, 0.6) is 11.5 Å². The molecule has 10 heteroatoms. The Kier molecular flexibility index (Phi) is 5.94. The molecule has 2 N–H and O–H groups in total. The van der Waals surface area contributed by atoms with Crippen LogP contribution >= 0.6 is 0 Å². The van der Waals surface area contributed by atoms with E-state index in [9.17, 15) is 19.2 Å². The summed E-state index contributed by atoms with van der Waals surface area (Å²) in [6, 6.07) is 2.67. The minimum atomic E-state index is -0.692. The number of piperidine rings is 1. The predicted octanol–water partition coefficient (Wildman–Crippen LogP) is 1.89. The topological polar surface area (TPSA) is 123 Å². The third-order valence-electron chi connectivity index (χ3n) is 5.93. The van der Waals surface area contributed by atoms with Gasteiger partial charge in [0.05, 0.1) is 19.2 Å². The molecule has 33 heavy (non-hydrogen) atoms. The highest BCUT2D eigenvalue weighted by Gasteiger charge is 2.41. The lowest BCUT2D eigenvalue weighted by Gasteiger charge is -2.36. The zero-order valence-electron chi connectivity index (χ0n) is 19.2. The van der Waals surface area contributed by atoms with Crippen LogP contribution in [-0.4, -0.2) is 59.6 Å². The van der Waals surface area contributed by atoms with E-state index >= 15 is 0 Å². The highest BCUT2D eigenvalue weighted by Crippen LogP contribution is 2.38. The highest BCUT2D eigenvalue weighted by atomic mass is 16.6. The number of fused-ring (bicyclic) bond motifs is 1. The van der Waals surface area contributed by atoms with Crippen molar-refractivity contribution in [3.63, 3.8) is 0 Å². The van der Waals surface area contributed by atoms with Gasteiger partial charge in [-0.05, 0) is 33.3 Å². The Morgan fingerprint density at radius 3 is 2.55 bits per heavy atom. The molecule has 4 amide bonds. The maximum Gasteiger partial charge on any atom is 0.407 e. The Labute approximate surface area is 191 Å². The molecule has 2 aliphatic heterocycles. The summed E-state index contributed by atoms with van der Waals surface area (Å²) in [6.45, 7) is 5.66. The Balaban J connectivity index is 1.40. The average molecular weight is 459 g/mol. The molecule has 2 heterocycles. The number of carbonyl (C=O) groups is 4. The average Bonchev–Trinajstić information content (AvgIpc) is 3.01. The van der Waals surface area contributed by atoms with Gasteiger partial charge in [0.15, 0.2) is 0 Å². The fourth-order valence-electron chi connectivity index (χ4n) is 4.30. The van der Waals surface area contributed by atoms with E-state index in [0.717, 1.165) is 0 Å². The van der Waals surface area contributed by atoms with Crippen molar-refractivity contribution >= 4 is 23.8 Å². The molecule has 1 aliphatic carbocycles. The summed E-state index contributed by atoms with van der Waals surface area (Å²) in [4.78, 5) is 50.2. The van der Waals surface area contributed by atoms with Gasteiger partial charge in [0.1, 0.15) is 29.2 Å². The molecule has 3 aliphatic rings. The van der Waals surface area contributed by atoms with Gasteiger partial charge in [0, 0.05) is 36.9 Å². The first-order valence-electron chi connectivity index (χ1n) is 11.1. The van der Waals surface area contributed by atoms with Crippen LogP contribution in [0.3, 0.4) is 0 Å². The first-order valence-corrected chi connectivity index (χ1v) is 11.1. The fraction of sp³-hybridized carbons (Fsp3) is 0.565. The lowest BCUT2D eigenvalue weighted by molar-refractivity contribution is -0.136. The largest absolute Gasteiger partial charge is 0.496 e. The van der Waals surface area contributed by atoms with Crippen LogP contribution in [0, 0.1) is 0 Å². The second kappa shape index (κ2) is 8.57. The Bertz CT molecular complexity index is 995. The monoisotopic (exact) mass is 459 g/mol. The van der Waals surface area contributed by atoms with Gasteiger partial charge in [0.25, 0.3) is 5.91 Å². The van der Waals surface area contributed by atoms with E-state index in [0.29, 0.717) is 41.9 Å². The molecule has 178 valence electrons. The summed E-state index contributed by atoms with van der Waals surface area (Å²) in [5.74, 6) is -0.0750. The minimum Gasteiger partial charge on any atom is -0.496 e. The molecule has 1 saturated carbocycles. The minimum absolute atomic E-state index is 0.0363. The maximum absolute atomic E-state index is 13.1. The summed E-state index contributed by atoms with van der Waals surface area (Å²) in [5, 5.41) is 5.12. The number of nitrogens with zero attached hydrogens (tertiary/aromatic N) is 1. The van der Waals surface area contributed by atoms with Crippen molar-refractivity contribution in [1.29, 1.82) is 0 Å². The van der Waals surface area contributed by atoms with Gasteiger partial charge < -0.3 is 24.4 Å². The van der Waals surface area contributed by atoms with Crippen LogP contribution < -0.4 is 20.1 Å². The fourth-order valence-corrected chi connectivity index (χ4v) is 4.30. The molecule has 2 fully saturated rings. The standard InChI is InChI=1S/C23H29N3O7/c1-23(2,3)33-22(30)24-12-7-13(8-12)32-14-9-15-16(18(10-14)31-4)11-26(21(15)29)17-5-6-19(27)25-20(17)28/h9-10,12-13,17H,5-8,11H2,1-4H3,(H,24,30)(H,25,27,28)/t12-,13-,17?. The van der Waals surface area contributed by atoms with Gasteiger partial charge in [0.2, 0.25) is 11.8 Å². The lowest BCUT2D eigenvalue weighted by Crippen LogP contribution is -2.52. The Hall–Kier alpha value is -3.30. The number of imide groups is 1. The SMILES string of the molecule is COc1cc(O[C@H]2C[C@H](NC(=O)OC(C)(C)C)C2)cc2c1CN(C1CCC(=O)NC1=O)C2=O. The van der Waals surface area contributed by atoms with Gasteiger partial charge in [-0.25, -0.2) is 4.79 Å². The van der Waals surface area contributed by atoms with Crippen molar-refractivity contribution in [2.75, 3.05) is 7.11 Å². The van der Waals surface area contributed by atoms with Gasteiger partial charge in [-0.3, -0.25) is 19.7 Å². The number of hydrogen-bond acceptors (Lipinski definition) is 7. The third-order valence-corrected chi connectivity index (χ3v) is 5.93. The van der Waals surface area contributed by atoms with Gasteiger partial charge in [-0.2, -0.15) is 0 Å². The third kappa shape index (κ3) is 4.89. The molecule has 0 aromatic heterocycles. The van der Waals surface area contributed by atoms with E-state index in [1.807, 2.05) is 20.8 Å². The molecule has 1 unspecified atom stereocenters. The number of rotatable bonds is 5. The predicted molar refractivity (Wildman–Crippen MR) is 116 cm³/mol. The van der Waals surface area contributed by atoms with Crippen LogP contribution in [0.15, 0.2) is 12.1 Å². The summed E-state index contributed by atoms with van der Waals surface area (Å²) >= 11 is 0. The van der Waals surface area contributed by atoms with Crippen LogP contribution in [0.2, 0.25) is 0 Å². The first-order chi connectivity index (χ1) is 15.5. The summed E-state index contributed by atoms with van der Waals surface area (Å²) in [6.07, 6.45) is 1.16. The number of hydrogen-bond donors (Lipinski definition) is 2. The van der Waals surface area contributed by atoms with Crippen molar-refractivity contribution < 1.29 is 33.4 Å². The quantitative estimate of drug-likeness (QED) is 0.645. The van der Waals surface area contributed by atoms with E-state index in [-0.39, 0.29) is 36.9 Å². The molecule has 4 rings (SSSR count). The molecular formula is C23H29N3O7. The Morgan fingerprint density at radius 2 is 1.91 bits per heavy atom. The highest BCUT2D eigenvalue weighted by molar-refractivity contribution is 6.05.